The predicted octanol–water partition coefficient (Wildman–Crippen LogP) is 5.18. The molecule has 0 spiro atoms. The van der Waals surface area contributed by atoms with Crippen LogP contribution in [-0.4, -0.2) is 4.98 Å². The summed E-state index contributed by atoms with van der Waals surface area (Å²) < 4.78 is 1.07. The third-order valence-corrected chi connectivity index (χ3v) is 3.17. The molecule has 0 aliphatic carbocycles. The lowest BCUT2D eigenvalue weighted by atomic mass is 10.1. The Bertz CT molecular complexity index is 500. The summed E-state index contributed by atoms with van der Waals surface area (Å²) in [6, 6.07) is 7.84. The van der Waals surface area contributed by atoms with Crippen LogP contribution in [0.4, 0.5) is 0 Å². The molecule has 0 amide bonds. The number of halogens is 3. The molecule has 0 atom stereocenters. The monoisotopic (exact) mass is 363 g/mol. The molecule has 1 aromatic heterocycles. The number of hydrogen-bond donors (Lipinski definition) is 0. The Hall–Kier alpha value is -0.120. The molecule has 86 valence electrons. The molecule has 0 unspecified atom stereocenters. The Labute approximate surface area is 119 Å². The van der Waals surface area contributed by atoms with Gasteiger partial charge in [-0.1, -0.05) is 40.9 Å². The second kappa shape index (κ2) is 5.99. The minimum absolute atomic E-state index is 0. The first kappa shape index (κ1) is 13.9. The van der Waals surface area contributed by atoms with Crippen molar-refractivity contribution in [3.63, 3.8) is 0 Å². The number of pyridine rings is 1. The zero-order valence-corrected chi connectivity index (χ0v) is 12.9. The Morgan fingerprint density at radius 2 is 2.06 bits per heavy atom. The third-order valence-electron chi connectivity index (χ3n) is 2.28. The lowest BCUT2D eigenvalue weighted by Gasteiger charge is -2.04. The van der Waals surface area contributed by atoms with Crippen molar-refractivity contribution in [2.24, 2.45) is 0 Å². The van der Waals surface area contributed by atoms with Gasteiger partial charge in [0, 0.05) is 20.6 Å². The summed E-state index contributed by atoms with van der Waals surface area (Å²) in [7, 11) is 0. The molecule has 0 aliphatic rings. The third kappa shape index (κ3) is 2.96. The van der Waals surface area contributed by atoms with Gasteiger partial charge in [-0.3, -0.25) is 4.98 Å². The van der Waals surface area contributed by atoms with E-state index >= 15 is 0 Å². The highest BCUT2D eigenvalue weighted by molar-refractivity contribution is 9.10. The van der Waals surface area contributed by atoms with E-state index in [9.17, 15) is 0 Å². The first-order valence-corrected chi connectivity index (χ1v) is 6.12. The van der Waals surface area contributed by atoms with Gasteiger partial charge < -0.3 is 0 Å². The van der Waals surface area contributed by atoms with Crippen LogP contribution in [0.15, 0.2) is 28.7 Å². The Morgan fingerprint density at radius 3 is 2.75 bits per heavy atom. The number of nitrogens with zero attached hydrogens (tertiary/aromatic N) is 1. The number of fused-ring (bicyclic) bond motifs is 1. The summed E-state index contributed by atoms with van der Waals surface area (Å²) in [4.78, 5) is 4.58. The smallest absolute Gasteiger partial charge is 0.0717 e. The van der Waals surface area contributed by atoms with Crippen molar-refractivity contribution < 1.29 is 0 Å². The second-order valence-electron chi connectivity index (χ2n) is 3.51. The van der Waals surface area contributed by atoms with Crippen LogP contribution in [0.3, 0.4) is 0 Å². The Balaban J connectivity index is 0.00000128. The molecule has 0 saturated carbocycles. The Kier molecular flexibility index (Phi) is 5.22. The summed E-state index contributed by atoms with van der Waals surface area (Å²) in [5.41, 5.74) is 2.12. The van der Waals surface area contributed by atoms with Gasteiger partial charge in [0.15, 0.2) is 0 Å². The van der Waals surface area contributed by atoms with Crippen LogP contribution in [0.5, 0.6) is 0 Å². The quantitative estimate of drug-likeness (QED) is 0.714. The maximum absolute atomic E-state index is 5.94. The van der Waals surface area contributed by atoms with E-state index in [4.69, 9.17) is 11.6 Å². The minimum atomic E-state index is 0. The maximum atomic E-state index is 5.94. The summed E-state index contributed by atoms with van der Waals surface area (Å²) in [5.74, 6) is 0. The molecule has 0 fully saturated rings. The highest BCUT2D eigenvalue weighted by Crippen LogP contribution is 2.26. The van der Waals surface area contributed by atoms with Gasteiger partial charge in [-0.2, -0.15) is 0 Å². The topological polar surface area (TPSA) is 12.9 Å². The van der Waals surface area contributed by atoms with Crippen LogP contribution < -0.4 is 0 Å². The molecule has 1 nitrogen and oxygen atoms in total. The molecule has 2 aromatic rings. The van der Waals surface area contributed by atoms with Crippen molar-refractivity contribution in [3.8, 4) is 0 Å². The summed E-state index contributed by atoms with van der Waals surface area (Å²) in [5, 5.41) is 1.82. The van der Waals surface area contributed by atoms with E-state index in [2.05, 4.69) is 33.9 Å². The molecule has 16 heavy (non-hydrogen) atoms. The number of aryl methyl sites for hydroxylation is 1. The first-order valence-electron chi connectivity index (χ1n) is 4.95. The Morgan fingerprint density at radius 1 is 1.31 bits per heavy atom. The van der Waals surface area contributed by atoms with Crippen molar-refractivity contribution in [1.82, 2.24) is 4.98 Å². The molecular formula is C12H12Br2ClN. The number of aromatic nitrogens is 1. The maximum Gasteiger partial charge on any atom is 0.0717 e. The fraction of sp³-hybridized carbons (Fsp3) is 0.250. The highest BCUT2D eigenvalue weighted by atomic mass is 79.9. The van der Waals surface area contributed by atoms with Gasteiger partial charge in [-0.15, -0.1) is 17.0 Å². The van der Waals surface area contributed by atoms with Gasteiger partial charge in [0.2, 0.25) is 0 Å². The predicted molar refractivity (Wildman–Crippen MR) is 78.8 cm³/mol. The zero-order chi connectivity index (χ0) is 10.8. The van der Waals surface area contributed by atoms with Crippen LogP contribution in [0.1, 0.15) is 19.0 Å². The van der Waals surface area contributed by atoms with E-state index < -0.39 is 0 Å². The van der Waals surface area contributed by atoms with Crippen LogP contribution >= 0.6 is 44.5 Å². The zero-order valence-electron chi connectivity index (χ0n) is 8.84. The van der Waals surface area contributed by atoms with Crippen LogP contribution in [0, 0.1) is 0 Å². The fourth-order valence-corrected chi connectivity index (χ4v) is 2.35. The van der Waals surface area contributed by atoms with Crippen molar-refractivity contribution in [3.05, 3.63) is 39.5 Å². The second-order valence-corrected chi connectivity index (χ2v) is 4.80. The van der Waals surface area contributed by atoms with Gasteiger partial charge in [0.05, 0.1) is 5.52 Å². The normalized spacial score (nSPS) is 10.2. The summed E-state index contributed by atoms with van der Waals surface area (Å²) >= 11 is 9.50. The molecular weight excluding hydrogens is 353 g/mol. The van der Waals surface area contributed by atoms with Crippen molar-refractivity contribution in [2.75, 3.05) is 0 Å². The van der Waals surface area contributed by atoms with E-state index in [0.717, 1.165) is 38.9 Å². The number of hydrogen-bond acceptors (Lipinski definition) is 1. The molecule has 0 N–H and O–H groups in total. The molecule has 1 aromatic carbocycles. The van der Waals surface area contributed by atoms with Crippen molar-refractivity contribution >= 4 is 55.4 Å². The molecule has 0 saturated heterocycles. The standard InChI is InChI=1S/C12H11BrClN.BrH/c1-2-3-9-7-11(13)10-6-8(14)4-5-12(10)15-9;/h4-7H,2-3H2,1H3;1H. The summed E-state index contributed by atoms with van der Waals surface area (Å²) in [6.07, 6.45) is 2.12. The van der Waals surface area contributed by atoms with Crippen LogP contribution in [-0.2, 0) is 6.42 Å². The molecule has 0 bridgehead atoms. The first-order chi connectivity index (χ1) is 7.20. The number of benzene rings is 1. The molecule has 2 rings (SSSR count). The van der Waals surface area contributed by atoms with Gasteiger partial charge >= 0.3 is 0 Å². The van der Waals surface area contributed by atoms with E-state index in [1.807, 2.05) is 18.2 Å². The largest absolute Gasteiger partial charge is 0.253 e. The van der Waals surface area contributed by atoms with E-state index in [1.54, 1.807) is 0 Å². The van der Waals surface area contributed by atoms with Crippen LogP contribution in [0.25, 0.3) is 10.9 Å². The van der Waals surface area contributed by atoms with Crippen LogP contribution in [0.2, 0.25) is 5.02 Å². The molecule has 4 heteroatoms. The minimum Gasteiger partial charge on any atom is -0.253 e. The lowest BCUT2D eigenvalue weighted by Crippen LogP contribution is -1.90. The van der Waals surface area contributed by atoms with Crippen molar-refractivity contribution in [1.29, 1.82) is 0 Å². The SMILES string of the molecule is Br.CCCc1cc(Br)c2cc(Cl)ccc2n1. The molecule has 0 radical (unpaired) electrons. The van der Waals surface area contributed by atoms with E-state index in [1.165, 1.54) is 0 Å². The van der Waals surface area contributed by atoms with E-state index in [-0.39, 0.29) is 17.0 Å². The fourth-order valence-electron chi connectivity index (χ4n) is 1.59. The van der Waals surface area contributed by atoms with E-state index in [0.29, 0.717) is 0 Å². The van der Waals surface area contributed by atoms with Gasteiger partial charge in [-0.25, -0.2) is 0 Å². The van der Waals surface area contributed by atoms with Gasteiger partial charge in [0.1, 0.15) is 0 Å². The number of rotatable bonds is 2. The molecule has 1 heterocycles. The average molecular weight is 365 g/mol. The van der Waals surface area contributed by atoms with Crippen molar-refractivity contribution in [2.45, 2.75) is 19.8 Å². The van der Waals surface area contributed by atoms with Gasteiger partial charge in [0.25, 0.3) is 0 Å². The average Bonchev–Trinajstić information content (AvgIpc) is 2.20. The lowest BCUT2D eigenvalue weighted by molar-refractivity contribution is 0.889. The highest BCUT2D eigenvalue weighted by Gasteiger charge is 2.03. The summed E-state index contributed by atoms with van der Waals surface area (Å²) in [6.45, 7) is 2.15. The van der Waals surface area contributed by atoms with Gasteiger partial charge in [-0.05, 0) is 30.7 Å². The molecule has 0 aliphatic heterocycles.